The number of hydrogen-bond donors (Lipinski definition) is 0. The highest BCUT2D eigenvalue weighted by atomic mass is 79.9. The molecular formula is C20H23BrN2O5S. The second-order valence-corrected chi connectivity index (χ2v) is 9.70. The van der Waals surface area contributed by atoms with E-state index >= 15 is 0 Å². The van der Waals surface area contributed by atoms with E-state index in [-0.39, 0.29) is 10.8 Å². The Morgan fingerprint density at radius 3 is 2.41 bits per heavy atom. The summed E-state index contributed by atoms with van der Waals surface area (Å²) in [7, 11) is -0.770. The maximum atomic E-state index is 13.1. The van der Waals surface area contributed by atoms with E-state index in [9.17, 15) is 13.2 Å². The number of benzene rings is 2. The molecule has 0 radical (unpaired) electrons. The zero-order chi connectivity index (χ0) is 21.2. The second kappa shape index (κ2) is 8.73. The summed E-state index contributed by atoms with van der Waals surface area (Å²) >= 11 is 3.27. The largest absolute Gasteiger partial charge is 0.486 e. The summed E-state index contributed by atoms with van der Waals surface area (Å²) in [5.41, 5.74) is 1.22. The Balaban J connectivity index is 1.86. The Bertz CT molecular complexity index is 1020. The number of fused-ring (bicyclic) bond motifs is 1. The molecule has 3 rings (SSSR count). The van der Waals surface area contributed by atoms with Crippen LogP contribution < -0.4 is 9.47 Å². The fraction of sp³-hybridized carbons (Fsp3) is 0.350. The summed E-state index contributed by atoms with van der Waals surface area (Å²) in [5.74, 6) is 1.12. The van der Waals surface area contributed by atoms with Gasteiger partial charge in [-0.15, -0.1) is 0 Å². The van der Waals surface area contributed by atoms with Crippen molar-refractivity contribution in [1.29, 1.82) is 0 Å². The molecule has 0 bridgehead atoms. The van der Waals surface area contributed by atoms with E-state index in [1.54, 1.807) is 17.0 Å². The normalized spacial score (nSPS) is 13.4. The van der Waals surface area contributed by atoms with Crippen molar-refractivity contribution in [3.8, 4) is 11.5 Å². The van der Waals surface area contributed by atoms with Gasteiger partial charge < -0.3 is 14.4 Å². The molecular weight excluding hydrogens is 460 g/mol. The average molecular weight is 483 g/mol. The van der Waals surface area contributed by atoms with Crippen molar-refractivity contribution >= 4 is 31.9 Å². The molecule has 0 saturated heterocycles. The first-order valence-electron chi connectivity index (χ1n) is 9.14. The summed E-state index contributed by atoms with van der Waals surface area (Å²) in [6.07, 6.45) is 0. The lowest BCUT2D eigenvalue weighted by atomic mass is 10.1. The predicted octanol–water partition coefficient (Wildman–Crippen LogP) is 3.13. The first-order chi connectivity index (χ1) is 13.7. The van der Waals surface area contributed by atoms with E-state index in [0.717, 1.165) is 9.87 Å². The minimum atomic E-state index is -3.68. The Hall–Kier alpha value is -2.10. The first kappa shape index (κ1) is 21.6. The fourth-order valence-corrected chi connectivity index (χ4v) is 4.79. The number of sulfonamides is 1. The van der Waals surface area contributed by atoms with Crippen molar-refractivity contribution in [2.45, 2.75) is 18.4 Å². The molecule has 0 aliphatic carbocycles. The summed E-state index contributed by atoms with van der Waals surface area (Å²) < 4.78 is 37.8. The van der Waals surface area contributed by atoms with Crippen molar-refractivity contribution < 1.29 is 22.7 Å². The minimum absolute atomic E-state index is 0.0590. The molecule has 2 aromatic rings. The van der Waals surface area contributed by atoms with Crippen LogP contribution in [0.5, 0.6) is 11.5 Å². The number of hydrogen-bond acceptors (Lipinski definition) is 5. The van der Waals surface area contributed by atoms with Gasteiger partial charge in [0.2, 0.25) is 10.0 Å². The van der Waals surface area contributed by atoms with Gasteiger partial charge in [0, 0.05) is 37.2 Å². The molecule has 29 heavy (non-hydrogen) atoms. The molecule has 2 aromatic carbocycles. The van der Waals surface area contributed by atoms with Gasteiger partial charge in [0.1, 0.15) is 13.2 Å². The van der Waals surface area contributed by atoms with E-state index in [2.05, 4.69) is 15.9 Å². The van der Waals surface area contributed by atoms with Crippen LogP contribution in [0.4, 0.5) is 0 Å². The molecule has 0 atom stereocenters. The highest BCUT2D eigenvalue weighted by Gasteiger charge is 2.24. The van der Waals surface area contributed by atoms with Gasteiger partial charge in [0.05, 0.1) is 4.90 Å². The van der Waals surface area contributed by atoms with Crippen LogP contribution in [-0.2, 0) is 16.6 Å². The quantitative estimate of drug-likeness (QED) is 0.631. The topological polar surface area (TPSA) is 76.1 Å². The summed E-state index contributed by atoms with van der Waals surface area (Å²) in [6, 6.07) is 10.2. The van der Waals surface area contributed by atoms with Crippen LogP contribution in [0.3, 0.4) is 0 Å². The second-order valence-electron chi connectivity index (χ2n) is 6.73. The van der Waals surface area contributed by atoms with Gasteiger partial charge in [-0.2, -0.15) is 0 Å². The van der Waals surface area contributed by atoms with Gasteiger partial charge in [0.25, 0.3) is 5.91 Å². The standard InChI is InChI=1S/C20H23BrN2O5S/c1-4-23(13-14-5-8-17-18(11-14)28-10-9-27-17)20(24)15-6-7-16(21)19(12-15)29(25,26)22(2)3/h5-8,11-12H,4,9-10,13H2,1-3H3. The summed E-state index contributed by atoms with van der Waals surface area (Å²) in [6.45, 7) is 3.74. The first-order valence-corrected chi connectivity index (χ1v) is 11.4. The number of ether oxygens (including phenoxy) is 2. The van der Waals surface area contributed by atoms with E-state index in [1.165, 1.54) is 20.2 Å². The van der Waals surface area contributed by atoms with Crippen molar-refractivity contribution in [3.63, 3.8) is 0 Å². The maximum absolute atomic E-state index is 13.1. The van der Waals surface area contributed by atoms with Crippen LogP contribution in [0, 0.1) is 0 Å². The van der Waals surface area contributed by atoms with E-state index in [1.807, 2.05) is 25.1 Å². The molecule has 9 heteroatoms. The molecule has 0 unspecified atom stereocenters. The summed E-state index contributed by atoms with van der Waals surface area (Å²) in [5, 5.41) is 0. The van der Waals surface area contributed by atoms with E-state index in [4.69, 9.17) is 9.47 Å². The molecule has 0 N–H and O–H groups in total. The molecule has 1 heterocycles. The molecule has 1 aliphatic heterocycles. The summed E-state index contributed by atoms with van der Waals surface area (Å²) in [4.78, 5) is 14.8. The van der Waals surface area contributed by atoms with Gasteiger partial charge in [-0.05, 0) is 58.7 Å². The lowest BCUT2D eigenvalue weighted by Gasteiger charge is -2.23. The molecule has 0 aromatic heterocycles. The van der Waals surface area contributed by atoms with Gasteiger partial charge in [-0.3, -0.25) is 4.79 Å². The fourth-order valence-electron chi connectivity index (χ4n) is 2.95. The van der Waals surface area contributed by atoms with Gasteiger partial charge in [0.15, 0.2) is 11.5 Å². The third-order valence-corrected chi connectivity index (χ3v) is 7.39. The van der Waals surface area contributed by atoms with Crippen LogP contribution in [0.25, 0.3) is 0 Å². The van der Waals surface area contributed by atoms with Crippen molar-refractivity contribution in [2.24, 2.45) is 0 Å². The molecule has 1 aliphatic rings. The molecule has 156 valence electrons. The SMILES string of the molecule is CCN(Cc1ccc2c(c1)OCCO2)C(=O)c1ccc(Br)c(S(=O)(=O)N(C)C)c1. The predicted molar refractivity (Wildman–Crippen MR) is 113 cm³/mol. The van der Waals surface area contributed by atoms with Crippen molar-refractivity contribution in [2.75, 3.05) is 33.9 Å². The number of rotatable bonds is 6. The Kier molecular flexibility index (Phi) is 6.50. The lowest BCUT2D eigenvalue weighted by Crippen LogP contribution is -2.31. The monoisotopic (exact) mass is 482 g/mol. The molecule has 0 fully saturated rings. The molecule has 0 spiro atoms. The van der Waals surface area contributed by atoms with Crippen LogP contribution >= 0.6 is 15.9 Å². The van der Waals surface area contributed by atoms with Crippen LogP contribution in [-0.4, -0.2) is 57.4 Å². The van der Waals surface area contributed by atoms with Gasteiger partial charge in [-0.25, -0.2) is 12.7 Å². The van der Waals surface area contributed by atoms with Crippen LogP contribution in [0.1, 0.15) is 22.8 Å². The maximum Gasteiger partial charge on any atom is 0.254 e. The number of carbonyl (C=O) groups excluding carboxylic acids is 1. The highest BCUT2D eigenvalue weighted by molar-refractivity contribution is 9.10. The Labute approximate surface area is 179 Å². The Morgan fingerprint density at radius 1 is 1.07 bits per heavy atom. The molecule has 0 saturated carbocycles. The smallest absolute Gasteiger partial charge is 0.254 e. The molecule has 7 nitrogen and oxygen atoms in total. The molecule has 1 amide bonds. The van der Waals surface area contributed by atoms with E-state index in [0.29, 0.717) is 47.8 Å². The van der Waals surface area contributed by atoms with Crippen molar-refractivity contribution in [1.82, 2.24) is 9.21 Å². The highest BCUT2D eigenvalue weighted by Crippen LogP contribution is 2.31. The Morgan fingerprint density at radius 2 is 1.76 bits per heavy atom. The van der Waals surface area contributed by atoms with Crippen molar-refractivity contribution in [3.05, 3.63) is 52.0 Å². The number of halogens is 1. The number of carbonyl (C=O) groups is 1. The third kappa shape index (κ3) is 4.57. The van der Waals surface area contributed by atoms with Gasteiger partial charge in [-0.1, -0.05) is 6.07 Å². The zero-order valence-corrected chi connectivity index (χ0v) is 18.9. The number of nitrogens with zero attached hydrogens (tertiary/aromatic N) is 2. The third-order valence-electron chi connectivity index (χ3n) is 4.59. The van der Waals surface area contributed by atoms with Gasteiger partial charge >= 0.3 is 0 Å². The van der Waals surface area contributed by atoms with E-state index < -0.39 is 10.0 Å². The lowest BCUT2D eigenvalue weighted by molar-refractivity contribution is 0.0752. The van der Waals surface area contributed by atoms with Crippen LogP contribution in [0.2, 0.25) is 0 Å². The van der Waals surface area contributed by atoms with Crippen LogP contribution in [0.15, 0.2) is 45.8 Å². The average Bonchev–Trinajstić information content (AvgIpc) is 2.71. The minimum Gasteiger partial charge on any atom is -0.486 e. The zero-order valence-electron chi connectivity index (χ0n) is 16.5. The number of amides is 1.